The van der Waals surface area contributed by atoms with Crippen LogP contribution < -0.4 is 4.90 Å². The number of furan rings is 1. The molecule has 0 amide bonds. The average Bonchev–Trinajstić information content (AvgIpc) is 3.64. The van der Waals surface area contributed by atoms with E-state index in [2.05, 4.69) is 229 Å². The Balaban J connectivity index is 1.17. The molecule has 2 nitrogen and oxygen atoms in total. The minimum Gasteiger partial charge on any atom is -0.456 e. The van der Waals surface area contributed by atoms with Crippen LogP contribution in [0.1, 0.15) is 71.6 Å². The Morgan fingerprint density at radius 2 is 1.13 bits per heavy atom. The van der Waals surface area contributed by atoms with E-state index in [1.165, 1.54) is 60.5 Å². The average molecular weight is 792 g/mol. The molecule has 0 saturated heterocycles. The van der Waals surface area contributed by atoms with Crippen molar-refractivity contribution in [1.29, 1.82) is 0 Å². The van der Waals surface area contributed by atoms with Gasteiger partial charge in [-0.3, -0.25) is 0 Å². The van der Waals surface area contributed by atoms with Gasteiger partial charge in [0.05, 0.1) is 5.69 Å². The van der Waals surface area contributed by atoms with Crippen molar-refractivity contribution in [3.8, 4) is 22.3 Å². The molecule has 0 N–H and O–H groups in total. The normalized spacial score (nSPS) is 15.8. The van der Waals surface area contributed by atoms with Gasteiger partial charge in [-0.05, 0) is 103 Å². The van der Waals surface area contributed by atoms with Gasteiger partial charge in [0.15, 0.2) is 0 Å². The number of hydrogen-bond donors (Lipinski definition) is 0. The number of rotatable bonds is 6. The van der Waals surface area contributed by atoms with Gasteiger partial charge in [-0.25, -0.2) is 0 Å². The predicted molar refractivity (Wildman–Crippen MR) is 261 cm³/mol. The highest BCUT2D eigenvalue weighted by Crippen LogP contribution is 2.47. The number of hydrogen-bond acceptors (Lipinski definition) is 2. The summed E-state index contributed by atoms with van der Waals surface area (Å²) in [7, 11) is 0. The van der Waals surface area contributed by atoms with E-state index >= 15 is 0 Å². The Kier molecular flexibility index (Phi) is 9.18. The van der Waals surface area contributed by atoms with Gasteiger partial charge in [0.1, 0.15) is 11.2 Å². The van der Waals surface area contributed by atoms with Crippen molar-refractivity contribution < 1.29 is 4.42 Å². The minimum absolute atomic E-state index is 0.00237. The fraction of sp³-hybridized carbons (Fsp3) is 0.186. The summed E-state index contributed by atoms with van der Waals surface area (Å²) in [6, 6.07) is 60.3. The summed E-state index contributed by atoms with van der Waals surface area (Å²) in [6.45, 7) is 16.3. The Labute approximate surface area is 360 Å². The summed E-state index contributed by atoms with van der Waals surface area (Å²) in [5.41, 5.74) is 13.8. The molecule has 1 aliphatic rings. The van der Waals surface area contributed by atoms with E-state index in [0.717, 1.165) is 45.4 Å². The first-order chi connectivity index (χ1) is 29.4. The quantitative estimate of drug-likeness (QED) is 0.167. The lowest BCUT2D eigenvalue weighted by molar-refractivity contribution is 0.569. The topological polar surface area (TPSA) is 16.4 Å². The molecule has 0 saturated carbocycles. The highest BCUT2D eigenvalue weighted by molar-refractivity contribution is 6.09. The first kappa shape index (κ1) is 38.6. The molecule has 1 atom stereocenters. The Hall–Kier alpha value is -6.64. The van der Waals surface area contributed by atoms with Gasteiger partial charge in [-0.15, -0.1) is 0 Å². The third-order valence-corrected chi connectivity index (χ3v) is 13.0. The van der Waals surface area contributed by atoms with Gasteiger partial charge in [-0.1, -0.05) is 194 Å². The molecule has 9 aromatic rings. The van der Waals surface area contributed by atoms with Gasteiger partial charge in [0.2, 0.25) is 0 Å². The van der Waals surface area contributed by atoms with Crippen molar-refractivity contribution in [2.75, 3.05) is 4.90 Å². The SMILES string of the molecule is CC(C)(C)c1cc(-c2cccc3cccc(-c4ccccc4N(C4=CCC(C)(c5cccc6ccccc56)C=C4)c4ccc5c(c4)oc4ccccc45)c23)cc(C(C)(C)C)c1. The zero-order chi connectivity index (χ0) is 42.1. The van der Waals surface area contributed by atoms with E-state index in [1.807, 2.05) is 6.07 Å². The molecule has 0 spiro atoms. The smallest absolute Gasteiger partial charge is 0.137 e. The van der Waals surface area contributed by atoms with E-state index in [-0.39, 0.29) is 16.2 Å². The van der Waals surface area contributed by atoms with Crippen molar-refractivity contribution >= 4 is 54.9 Å². The van der Waals surface area contributed by atoms with Crippen LogP contribution in [0.3, 0.4) is 0 Å². The molecule has 0 aliphatic heterocycles. The lowest BCUT2D eigenvalue weighted by atomic mass is 9.75. The number of allylic oxidation sites excluding steroid dienone is 3. The molecule has 61 heavy (non-hydrogen) atoms. The molecule has 1 heterocycles. The van der Waals surface area contributed by atoms with Crippen LogP contribution in [0.4, 0.5) is 11.4 Å². The predicted octanol–water partition coefficient (Wildman–Crippen LogP) is 16.8. The zero-order valence-corrected chi connectivity index (χ0v) is 36.4. The summed E-state index contributed by atoms with van der Waals surface area (Å²) in [4.78, 5) is 2.44. The monoisotopic (exact) mass is 791 g/mol. The van der Waals surface area contributed by atoms with Crippen LogP contribution in [0.5, 0.6) is 0 Å². The highest BCUT2D eigenvalue weighted by atomic mass is 16.3. The van der Waals surface area contributed by atoms with Gasteiger partial charge >= 0.3 is 0 Å². The van der Waals surface area contributed by atoms with E-state index in [4.69, 9.17) is 4.42 Å². The number of benzene rings is 8. The van der Waals surface area contributed by atoms with E-state index < -0.39 is 0 Å². The van der Waals surface area contributed by atoms with Crippen LogP contribution in [0, 0.1) is 0 Å². The van der Waals surface area contributed by atoms with Crippen LogP contribution in [-0.2, 0) is 16.2 Å². The van der Waals surface area contributed by atoms with Gasteiger partial charge in [0, 0.05) is 39.2 Å². The van der Waals surface area contributed by atoms with Crippen molar-refractivity contribution in [3.63, 3.8) is 0 Å². The largest absolute Gasteiger partial charge is 0.456 e. The van der Waals surface area contributed by atoms with Gasteiger partial charge < -0.3 is 9.32 Å². The van der Waals surface area contributed by atoms with E-state index in [1.54, 1.807) is 0 Å². The van der Waals surface area contributed by atoms with E-state index in [9.17, 15) is 0 Å². The maximum Gasteiger partial charge on any atom is 0.137 e. The Bertz CT molecular complexity index is 3170. The number of anilines is 2. The van der Waals surface area contributed by atoms with Crippen molar-refractivity contribution in [2.24, 2.45) is 0 Å². The summed E-state index contributed by atoms with van der Waals surface area (Å²) in [5, 5.41) is 7.31. The molecule has 1 unspecified atom stereocenters. The summed E-state index contributed by atoms with van der Waals surface area (Å²) < 4.78 is 6.54. The second-order valence-corrected chi connectivity index (χ2v) is 19.3. The maximum absolute atomic E-state index is 6.54. The number of fused-ring (bicyclic) bond motifs is 5. The zero-order valence-electron chi connectivity index (χ0n) is 36.4. The van der Waals surface area contributed by atoms with Crippen molar-refractivity contribution in [2.45, 2.75) is 71.1 Å². The lowest BCUT2D eigenvalue weighted by Crippen LogP contribution is -2.25. The molecule has 1 aromatic heterocycles. The van der Waals surface area contributed by atoms with Crippen molar-refractivity contribution in [1.82, 2.24) is 0 Å². The molecular weight excluding hydrogens is 739 g/mol. The van der Waals surface area contributed by atoms with Crippen molar-refractivity contribution in [3.05, 3.63) is 204 Å². The molecule has 0 fully saturated rings. The highest BCUT2D eigenvalue weighted by Gasteiger charge is 2.30. The lowest BCUT2D eigenvalue weighted by Gasteiger charge is -2.35. The third-order valence-electron chi connectivity index (χ3n) is 13.0. The number of para-hydroxylation sites is 2. The van der Waals surface area contributed by atoms with Crippen LogP contribution >= 0.6 is 0 Å². The third kappa shape index (κ3) is 6.85. The van der Waals surface area contributed by atoms with Crippen LogP contribution in [0.2, 0.25) is 0 Å². The van der Waals surface area contributed by atoms with Crippen LogP contribution in [0.25, 0.3) is 65.7 Å². The van der Waals surface area contributed by atoms with Crippen LogP contribution in [0.15, 0.2) is 192 Å². The fourth-order valence-electron chi connectivity index (χ4n) is 9.44. The molecular formula is C59H53NO. The molecule has 300 valence electrons. The first-order valence-electron chi connectivity index (χ1n) is 21.7. The second-order valence-electron chi connectivity index (χ2n) is 19.3. The second kappa shape index (κ2) is 14.5. The Morgan fingerprint density at radius 1 is 0.525 bits per heavy atom. The van der Waals surface area contributed by atoms with Crippen LogP contribution in [-0.4, -0.2) is 0 Å². The van der Waals surface area contributed by atoms with Gasteiger partial charge in [0.25, 0.3) is 0 Å². The summed E-state index contributed by atoms with van der Waals surface area (Å²) in [6.07, 6.45) is 8.05. The first-order valence-corrected chi connectivity index (χ1v) is 21.7. The fourth-order valence-corrected chi connectivity index (χ4v) is 9.44. The number of nitrogens with zero attached hydrogens (tertiary/aromatic N) is 1. The summed E-state index contributed by atoms with van der Waals surface area (Å²) in [5.74, 6) is 0. The van der Waals surface area contributed by atoms with E-state index in [0.29, 0.717) is 0 Å². The molecule has 0 bridgehead atoms. The maximum atomic E-state index is 6.54. The Morgan fingerprint density at radius 3 is 1.87 bits per heavy atom. The molecule has 8 aromatic carbocycles. The standard InChI is InChI=1S/C59H53NO/c1-57(2,3)42-35-41(36-43(37-42)58(4,5)6)47-24-14-19-40-20-15-25-51(56(40)47)48-22-10-12-27-53(48)60(45-29-30-50-49-23-11-13-28-54(49)61-55(50)38-45)44-31-33-59(7,34-32-44)52-26-16-18-39-17-8-9-21-46(39)52/h8-33,35-38H,34H2,1-7H3. The molecule has 0 radical (unpaired) electrons. The summed E-state index contributed by atoms with van der Waals surface area (Å²) >= 11 is 0. The molecule has 2 heteroatoms. The van der Waals surface area contributed by atoms with Gasteiger partial charge in [-0.2, -0.15) is 0 Å². The minimum atomic E-state index is -0.170. The molecule has 1 aliphatic carbocycles. The molecule has 10 rings (SSSR count).